The minimum Gasteiger partial charge on any atom is -0.497 e. The van der Waals surface area contributed by atoms with Gasteiger partial charge < -0.3 is 19.8 Å². The van der Waals surface area contributed by atoms with Gasteiger partial charge in [0, 0.05) is 24.0 Å². The molecular formula is C16H17N3O4S. The van der Waals surface area contributed by atoms with Crippen molar-refractivity contribution in [2.45, 2.75) is 17.5 Å². The van der Waals surface area contributed by atoms with Crippen molar-refractivity contribution in [2.75, 3.05) is 25.8 Å². The number of rotatable bonds is 4. The molecular weight excluding hydrogens is 330 g/mol. The lowest BCUT2D eigenvalue weighted by Gasteiger charge is -2.25. The minimum absolute atomic E-state index is 0.152. The molecule has 0 radical (unpaired) electrons. The van der Waals surface area contributed by atoms with Crippen molar-refractivity contribution < 1.29 is 14.3 Å². The van der Waals surface area contributed by atoms with Gasteiger partial charge in [-0.1, -0.05) is 17.8 Å². The molecule has 24 heavy (non-hydrogen) atoms. The second kappa shape index (κ2) is 6.56. The zero-order valence-electron chi connectivity index (χ0n) is 13.5. The lowest BCUT2D eigenvalue weighted by Crippen LogP contribution is -2.31. The van der Waals surface area contributed by atoms with Crippen LogP contribution >= 0.6 is 11.8 Å². The Labute approximate surface area is 142 Å². The second-order valence-corrected chi connectivity index (χ2v) is 6.05. The van der Waals surface area contributed by atoms with Gasteiger partial charge in [0.25, 0.3) is 5.56 Å². The number of fused-ring (bicyclic) bond motifs is 1. The Hall–Kier alpha value is -2.48. The number of aromatic amines is 1. The highest BCUT2D eigenvalue weighted by Crippen LogP contribution is 2.39. The SMILES string of the molecule is COc1ccc([C@@H]2CC(=O)Nc3nc(SC)[nH]c(=O)c32)c(OC)c1. The number of ether oxygens (including phenoxy) is 2. The monoisotopic (exact) mass is 347 g/mol. The van der Waals surface area contributed by atoms with E-state index in [1.165, 1.54) is 11.8 Å². The summed E-state index contributed by atoms with van der Waals surface area (Å²) in [5.41, 5.74) is 0.932. The summed E-state index contributed by atoms with van der Waals surface area (Å²) in [6.45, 7) is 0. The van der Waals surface area contributed by atoms with E-state index in [1.54, 1.807) is 32.6 Å². The van der Waals surface area contributed by atoms with E-state index >= 15 is 0 Å². The number of hydrogen-bond acceptors (Lipinski definition) is 6. The third-order valence-corrected chi connectivity index (χ3v) is 4.52. The van der Waals surface area contributed by atoms with Crippen LogP contribution in [0.5, 0.6) is 11.5 Å². The lowest BCUT2D eigenvalue weighted by atomic mass is 9.86. The normalized spacial score (nSPS) is 16.3. The standard InChI is InChI=1S/C16H17N3O4S/c1-22-8-4-5-9(11(6-8)23-2)10-7-12(20)17-14-13(10)15(21)19-16(18-14)24-3/h4-6,10H,7H2,1-3H3,(H2,17,18,19,20,21)/t10-/m0/s1. The van der Waals surface area contributed by atoms with Crippen molar-refractivity contribution >= 4 is 23.5 Å². The lowest BCUT2D eigenvalue weighted by molar-refractivity contribution is -0.116. The molecule has 126 valence electrons. The van der Waals surface area contributed by atoms with Gasteiger partial charge >= 0.3 is 0 Å². The molecule has 0 spiro atoms. The van der Waals surface area contributed by atoms with E-state index < -0.39 is 5.92 Å². The van der Waals surface area contributed by atoms with Crippen LogP contribution in [0.15, 0.2) is 28.2 Å². The van der Waals surface area contributed by atoms with Crippen LogP contribution in [0.2, 0.25) is 0 Å². The number of amides is 1. The van der Waals surface area contributed by atoms with Crippen molar-refractivity contribution in [3.8, 4) is 11.5 Å². The molecule has 1 aromatic heterocycles. The summed E-state index contributed by atoms with van der Waals surface area (Å²) in [7, 11) is 3.11. The van der Waals surface area contributed by atoms with Gasteiger partial charge in [-0.05, 0) is 12.3 Å². The molecule has 0 saturated heterocycles. The first kappa shape index (κ1) is 16.4. The molecule has 8 heteroatoms. The van der Waals surface area contributed by atoms with Crippen LogP contribution in [-0.2, 0) is 4.79 Å². The highest BCUT2D eigenvalue weighted by atomic mass is 32.2. The van der Waals surface area contributed by atoms with E-state index in [-0.39, 0.29) is 17.9 Å². The second-order valence-electron chi connectivity index (χ2n) is 5.25. The number of benzene rings is 1. The molecule has 2 N–H and O–H groups in total. The van der Waals surface area contributed by atoms with Gasteiger partial charge in [0.15, 0.2) is 5.16 Å². The summed E-state index contributed by atoms with van der Waals surface area (Å²) < 4.78 is 10.6. The van der Waals surface area contributed by atoms with Gasteiger partial charge in [0.1, 0.15) is 17.3 Å². The number of aromatic nitrogens is 2. The van der Waals surface area contributed by atoms with E-state index in [0.717, 1.165) is 5.56 Å². The average Bonchev–Trinajstić information content (AvgIpc) is 2.59. The Bertz CT molecular complexity index is 850. The number of carbonyl (C=O) groups excluding carboxylic acids is 1. The molecule has 2 heterocycles. The van der Waals surface area contributed by atoms with E-state index in [0.29, 0.717) is 28.0 Å². The number of H-pyrrole nitrogens is 1. The van der Waals surface area contributed by atoms with E-state index in [4.69, 9.17) is 9.47 Å². The van der Waals surface area contributed by atoms with Gasteiger partial charge in [0.05, 0.1) is 19.8 Å². The summed E-state index contributed by atoms with van der Waals surface area (Å²) in [4.78, 5) is 31.7. The summed E-state index contributed by atoms with van der Waals surface area (Å²) in [5.74, 6) is 0.897. The number of carbonyl (C=O) groups is 1. The molecule has 0 fully saturated rings. The predicted molar refractivity (Wildman–Crippen MR) is 91.3 cm³/mol. The number of anilines is 1. The van der Waals surface area contributed by atoms with Crippen LogP contribution in [0.1, 0.15) is 23.5 Å². The molecule has 1 aliphatic heterocycles. The fourth-order valence-corrected chi connectivity index (χ4v) is 3.20. The number of nitrogens with one attached hydrogen (secondary N) is 2. The Balaban J connectivity index is 2.17. The Kier molecular flexibility index (Phi) is 4.48. The maximum absolute atomic E-state index is 12.5. The Morgan fingerprint density at radius 3 is 2.71 bits per heavy atom. The molecule has 3 rings (SSSR count). The van der Waals surface area contributed by atoms with Crippen molar-refractivity contribution in [3.05, 3.63) is 39.7 Å². The Morgan fingerprint density at radius 2 is 2.04 bits per heavy atom. The largest absolute Gasteiger partial charge is 0.497 e. The van der Waals surface area contributed by atoms with Crippen LogP contribution in [0.25, 0.3) is 0 Å². The Morgan fingerprint density at radius 1 is 1.25 bits per heavy atom. The van der Waals surface area contributed by atoms with E-state index in [2.05, 4.69) is 15.3 Å². The van der Waals surface area contributed by atoms with Crippen LogP contribution in [-0.4, -0.2) is 36.4 Å². The molecule has 7 nitrogen and oxygen atoms in total. The van der Waals surface area contributed by atoms with Gasteiger partial charge in [-0.3, -0.25) is 9.59 Å². The fraction of sp³-hybridized carbons (Fsp3) is 0.312. The van der Waals surface area contributed by atoms with Gasteiger partial charge in [-0.2, -0.15) is 0 Å². The van der Waals surface area contributed by atoms with Crippen molar-refractivity contribution in [2.24, 2.45) is 0 Å². The first-order valence-electron chi connectivity index (χ1n) is 7.27. The summed E-state index contributed by atoms with van der Waals surface area (Å²) in [6, 6.07) is 5.33. The van der Waals surface area contributed by atoms with Gasteiger partial charge in [0.2, 0.25) is 5.91 Å². The zero-order valence-corrected chi connectivity index (χ0v) is 14.3. The van der Waals surface area contributed by atoms with Crippen LogP contribution in [0, 0.1) is 0 Å². The first-order chi connectivity index (χ1) is 11.6. The topological polar surface area (TPSA) is 93.3 Å². The van der Waals surface area contributed by atoms with Crippen molar-refractivity contribution in [1.82, 2.24) is 9.97 Å². The molecule has 2 aromatic rings. The number of hydrogen-bond donors (Lipinski definition) is 2. The van der Waals surface area contributed by atoms with E-state index in [1.807, 2.05) is 6.07 Å². The minimum atomic E-state index is -0.429. The molecule has 1 aliphatic rings. The smallest absolute Gasteiger partial charge is 0.257 e. The van der Waals surface area contributed by atoms with E-state index in [9.17, 15) is 9.59 Å². The maximum Gasteiger partial charge on any atom is 0.257 e. The molecule has 0 unspecified atom stereocenters. The fourth-order valence-electron chi connectivity index (χ4n) is 2.82. The van der Waals surface area contributed by atoms with Crippen molar-refractivity contribution in [3.63, 3.8) is 0 Å². The highest BCUT2D eigenvalue weighted by Gasteiger charge is 2.32. The number of thioether (sulfide) groups is 1. The van der Waals surface area contributed by atoms with Crippen LogP contribution in [0.4, 0.5) is 5.82 Å². The summed E-state index contributed by atoms with van der Waals surface area (Å²) in [6.07, 6.45) is 1.96. The van der Waals surface area contributed by atoms with Gasteiger partial charge in [-0.15, -0.1) is 0 Å². The molecule has 1 atom stereocenters. The average molecular weight is 347 g/mol. The third kappa shape index (κ3) is 2.84. The molecule has 0 aliphatic carbocycles. The maximum atomic E-state index is 12.5. The summed E-state index contributed by atoms with van der Waals surface area (Å²) in [5, 5.41) is 3.15. The van der Waals surface area contributed by atoms with Gasteiger partial charge in [-0.25, -0.2) is 4.98 Å². The highest BCUT2D eigenvalue weighted by molar-refractivity contribution is 7.98. The van der Waals surface area contributed by atoms with Crippen LogP contribution < -0.4 is 20.3 Å². The summed E-state index contributed by atoms with van der Waals surface area (Å²) >= 11 is 1.31. The first-order valence-corrected chi connectivity index (χ1v) is 8.49. The number of nitrogens with zero attached hydrogens (tertiary/aromatic N) is 1. The molecule has 1 aromatic carbocycles. The quantitative estimate of drug-likeness (QED) is 0.649. The van der Waals surface area contributed by atoms with Crippen molar-refractivity contribution in [1.29, 1.82) is 0 Å². The molecule has 0 bridgehead atoms. The third-order valence-electron chi connectivity index (χ3n) is 3.94. The number of methoxy groups -OCH3 is 2. The predicted octanol–water partition coefficient (Wildman–Crippen LogP) is 1.98. The molecule has 1 amide bonds. The molecule has 0 saturated carbocycles. The zero-order chi connectivity index (χ0) is 17.3. The van der Waals surface area contributed by atoms with Crippen LogP contribution in [0.3, 0.4) is 0 Å².